The molecule has 0 bridgehead atoms. The van der Waals surface area contributed by atoms with E-state index in [1.54, 1.807) is 0 Å². The van der Waals surface area contributed by atoms with Crippen molar-refractivity contribution in [1.82, 2.24) is 14.9 Å². The number of anilines is 3. The van der Waals surface area contributed by atoms with Gasteiger partial charge in [-0.1, -0.05) is 62.4 Å². The van der Waals surface area contributed by atoms with Gasteiger partial charge in [-0.3, -0.25) is 0 Å². The van der Waals surface area contributed by atoms with Crippen molar-refractivity contribution >= 4 is 17.5 Å². The molecule has 146 valence electrons. The molecule has 1 aromatic heterocycles. The Morgan fingerprint density at radius 1 is 0.929 bits per heavy atom. The van der Waals surface area contributed by atoms with Crippen LogP contribution in [-0.2, 0) is 0 Å². The molecule has 2 aromatic carbocycles. The van der Waals surface area contributed by atoms with Crippen LogP contribution in [0.3, 0.4) is 0 Å². The fourth-order valence-corrected chi connectivity index (χ4v) is 2.99. The quantitative estimate of drug-likeness (QED) is 0.581. The number of para-hydroxylation sites is 1. The maximum absolute atomic E-state index is 4.72. The molecule has 0 saturated heterocycles. The average Bonchev–Trinajstić information content (AvgIpc) is 2.68. The molecule has 1 heterocycles. The third-order valence-electron chi connectivity index (χ3n) is 4.48. The molecule has 0 atom stereocenters. The van der Waals surface area contributed by atoms with Crippen LogP contribution in [0.25, 0.3) is 11.3 Å². The van der Waals surface area contributed by atoms with Crippen LogP contribution in [0, 0.1) is 0 Å². The van der Waals surface area contributed by atoms with E-state index >= 15 is 0 Å². The van der Waals surface area contributed by atoms with Gasteiger partial charge in [0.25, 0.3) is 0 Å². The maximum Gasteiger partial charge on any atom is 0.225 e. The first-order valence-electron chi connectivity index (χ1n) is 9.72. The first-order valence-corrected chi connectivity index (χ1v) is 9.72. The number of hydrogen-bond acceptors (Lipinski definition) is 5. The summed E-state index contributed by atoms with van der Waals surface area (Å²) in [5, 5.41) is 6.85. The third-order valence-corrected chi connectivity index (χ3v) is 4.48. The fourth-order valence-electron chi connectivity index (χ4n) is 2.99. The summed E-state index contributed by atoms with van der Waals surface area (Å²) < 4.78 is 0. The maximum atomic E-state index is 4.72. The van der Waals surface area contributed by atoms with Gasteiger partial charge in [0.2, 0.25) is 5.95 Å². The van der Waals surface area contributed by atoms with E-state index in [9.17, 15) is 0 Å². The summed E-state index contributed by atoms with van der Waals surface area (Å²) in [7, 11) is 4.11. The molecule has 0 amide bonds. The summed E-state index contributed by atoms with van der Waals surface area (Å²) in [6, 6.07) is 20.6. The van der Waals surface area contributed by atoms with Gasteiger partial charge >= 0.3 is 0 Å². The van der Waals surface area contributed by atoms with Crippen molar-refractivity contribution in [1.29, 1.82) is 0 Å². The Balaban J connectivity index is 1.93. The summed E-state index contributed by atoms with van der Waals surface area (Å²) >= 11 is 0. The number of rotatable bonds is 8. The van der Waals surface area contributed by atoms with E-state index < -0.39 is 0 Å². The van der Waals surface area contributed by atoms with Gasteiger partial charge in [0.15, 0.2) is 0 Å². The van der Waals surface area contributed by atoms with Crippen LogP contribution < -0.4 is 10.6 Å². The van der Waals surface area contributed by atoms with Crippen molar-refractivity contribution in [2.24, 2.45) is 0 Å². The van der Waals surface area contributed by atoms with Gasteiger partial charge in [-0.05, 0) is 31.6 Å². The van der Waals surface area contributed by atoms with Crippen LogP contribution >= 0.6 is 0 Å². The van der Waals surface area contributed by atoms with Crippen molar-refractivity contribution in [2.45, 2.75) is 19.8 Å². The van der Waals surface area contributed by atoms with Crippen molar-refractivity contribution in [2.75, 3.05) is 37.8 Å². The lowest BCUT2D eigenvalue weighted by Gasteiger charge is -2.16. The number of likely N-dealkylation sites (N-methyl/N-ethyl adjacent to an activating group) is 1. The van der Waals surface area contributed by atoms with Gasteiger partial charge < -0.3 is 15.5 Å². The average molecular weight is 376 g/mol. The summed E-state index contributed by atoms with van der Waals surface area (Å²) in [6.07, 6.45) is 0. The largest absolute Gasteiger partial charge is 0.353 e. The molecule has 0 spiro atoms. The molecule has 0 aliphatic heterocycles. The van der Waals surface area contributed by atoms with Crippen LogP contribution in [0.4, 0.5) is 17.5 Å². The van der Waals surface area contributed by atoms with Crippen LogP contribution in [0.2, 0.25) is 0 Å². The van der Waals surface area contributed by atoms with E-state index in [0.717, 1.165) is 35.9 Å². The number of hydrogen-bond donors (Lipinski definition) is 2. The molecular formula is C23H29N5. The Labute approximate surface area is 167 Å². The Bertz CT molecular complexity index is 891. The first kappa shape index (κ1) is 19.8. The van der Waals surface area contributed by atoms with Gasteiger partial charge in [-0.25, -0.2) is 4.98 Å². The molecule has 0 unspecified atom stereocenters. The molecule has 0 aliphatic carbocycles. The van der Waals surface area contributed by atoms with E-state index in [4.69, 9.17) is 9.97 Å². The molecule has 3 rings (SSSR count). The first-order chi connectivity index (χ1) is 13.5. The van der Waals surface area contributed by atoms with Crippen LogP contribution in [0.15, 0.2) is 60.7 Å². The van der Waals surface area contributed by atoms with E-state index in [-0.39, 0.29) is 0 Å². The molecule has 5 heteroatoms. The number of aromatic nitrogens is 2. The standard InChI is InChI=1S/C23H29N5/c1-17(2)19-12-8-9-13-20(19)25-22-16-21(18-10-6-5-7-11-18)26-23(27-22)24-14-15-28(3)4/h5-13,16-17H,14-15H2,1-4H3,(H2,24,25,26,27). The lowest BCUT2D eigenvalue weighted by Crippen LogP contribution is -2.21. The Morgan fingerprint density at radius 3 is 2.36 bits per heavy atom. The lowest BCUT2D eigenvalue weighted by molar-refractivity contribution is 0.425. The topological polar surface area (TPSA) is 53.1 Å². The minimum atomic E-state index is 0.428. The Kier molecular flexibility index (Phi) is 6.61. The second kappa shape index (κ2) is 9.33. The van der Waals surface area contributed by atoms with Gasteiger partial charge in [0.1, 0.15) is 5.82 Å². The zero-order chi connectivity index (χ0) is 19.9. The highest BCUT2D eigenvalue weighted by Gasteiger charge is 2.10. The van der Waals surface area contributed by atoms with Gasteiger partial charge in [-0.2, -0.15) is 4.98 Å². The summed E-state index contributed by atoms with van der Waals surface area (Å²) in [6.45, 7) is 6.10. The molecular weight excluding hydrogens is 346 g/mol. The fraction of sp³-hybridized carbons (Fsp3) is 0.304. The predicted octanol–water partition coefficient (Wildman–Crippen LogP) is 4.98. The monoisotopic (exact) mass is 375 g/mol. The van der Waals surface area contributed by atoms with E-state index in [1.807, 2.05) is 30.3 Å². The zero-order valence-electron chi connectivity index (χ0n) is 17.1. The lowest BCUT2D eigenvalue weighted by atomic mass is 10.0. The van der Waals surface area contributed by atoms with E-state index in [2.05, 4.69) is 73.8 Å². The normalized spacial score (nSPS) is 11.1. The molecule has 5 nitrogen and oxygen atoms in total. The van der Waals surface area contributed by atoms with Crippen LogP contribution in [0.5, 0.6) is 0 Å². The minimum Gasteiger partial charge on any atom is -0.353 e. The Hall–Kier alpha value is -2.92. The van der Waals surface area contributed by atoms with E-state index in [1.165, 1.54) is 5.56 Å². The van der Waals surface area contributed by atoms with E-state index in [0.29, 0.717) is 11.9 Å². The van der Waals surface area contributed by atoms with Crippen molar-refractivity contribution in [3.63, 3.8) is 0 Å². The second-order valence-electron chi connectivity index (χ2n) is 7.43. The highest BCUT2D eigenvalue weighted by Crippen LogP contribution is 2.28. The summed E-state index contributed by atoms with van der Waals surface area (Å²) in [5.74, 6) is 1.85. The third kappa shape index (κ3) is 5.30. The van der Waals surface area contributed by atoms with Crippen molar-refractivity contribution < 1.29 is 0 Å². The highest BCUT2D eigenvalue weighted by molar-refractivity contribution is 5.68. The molecule has 3 aromatic rings. The molecule has 0 radical (unpaired) electrons. The predicted molar refractivity (Wildman–Crippen MR) is 118 cm³/mol. The van der Waals surface area contributed by atoms with Crippen molar-refractivity contribution in [3.8, 4) is 11.3 Å². The number of nitrogens with zero attached hydrogens (tertiary/aromatic N) is 3. The van der Waals surface area contributed by atoms with Crippen molar-refractivity contribution in [3.05, 3.63) is 66.2 Å². The zero-order valence-corrected chi connectivity index (χ0v) is 17.1. The highest BCUT2D eigenvalue weighted by atomic mass is 15.2. The van der Waals surface area contributed by atoms with Gasteiger partial charge in [-0.15, -0.1) is 0 Å². The molecule has 0 aliphatic rings. The number of benzene rings is 2. The molecule has 0 fully saturated rings. The molecule has 28 heavy (non-hydrogen) atoms. The summed E-state index contributed by atoms with van der Waals surface area (Å²) in [5.41, 5.74) is 4.31. The number of nitrogens with one attached hydrogen (secondary N) is 2. The van der Waals surface area contributed by atoms with Crippen LogP contribution in [0.1, 0.15) is 25.3 Å². The smallest absolute Gasteiger partial charge is 0.225 e. The molecule has 0 saturated carbocycles. The summed E-state index contributed by atoms with van der Waals surface area (Å²) in [4.78, 5) is 11.5. The second-order valence-corrected chi connectivity index (χ2v) is 7.43. The van der Waals surface area contributed by atoms with Gasteiger partial charge in [0, 0.05) is 30.4 Å². The minimum absolute atomic E-state index is 0.428. The Morgan fingerprint density at radius 2 is 1.64 bits per heavy atom. The van der Waals surface area contributed by atoms with Crippen LogP contribution in [-0.4, -0.2) is 42.1 Å². The van der Waals surface area contributed by atoms with Gasteiger partial charge in [0.05, 0.1) is 5.69 Å². The molecule has 2 N–H and O–H groups in total. The SMILES string of the molecule is CC(C)c1ccccc1Nc1cc(-c2ccccc2)nc(NCCN(C)C)n1.